The van der Waals surface area contributed by atoms with Gasteiger partial charge in [-0.15, -0.1) is 0 Å². The number of hydrogen-bond acceptors (Lipinski definition) is 3. The Morgan fingerprint density at radius 1 is 1.37 bits per heavy atom. The largest absolute Gasteiger partial charge is 0.352 e. The lowest BCUT2D eigenvalue weighted by Crippen LogP contribution is -2.38. The van der Waals surface area contributed by atoms with Crippen molar-refractivity contribution >= 4 is 11.7 Å². The first-order chi connectivity index (χ1) is 8.86. The molecule has 0 fully saturated rings. The Hall–Kier alpha value is -1.91. The fraction of sp³-hybridized carbons (Fsp3) is 0.500. The van der Waals surface area contributed by atoms with Gasteiger partial charge in [0.2, 0.25) is 5.91 Å². The zero-order valence-electron chi connectivity index (χ0n) is 11.8. The third-order valence-electron chi connectivity index (χ3n) is 3.09. The van der Waals surface area contributed by atoms with E-state index in [0.29, 0.717) is 5.69 Å². The highest BCUT2D eigenvalue weighted by atomic mass is 16.2. The summed E-state index contributed by atoms with van der Waals surface area (Å²) in [7, 11) is 0. The van der Waals surface area contributed by atoms with E-state index in [1.165, 1.54) is 17.6 Å². The molecule has 0 aliphatic heterocycles. The lowest BCUT2D eigenvalue weighted by atomic mass is 10.2. The second kappa shape index (κ2) is 6.31. The molecule has 1 aromatic heterocycles. The Balaban J connectivity index is 3.01. The molecule has 1 N–H and O–H groups in total. The second-order valence-electron chi connectivity index (χ2n) is 4.71. The molecule has 104 valence electrons. The third kappa shape index (κ3) is 3.77. The number of nitrogens with zero attached hydrogens (tertiary/aromatic N) is 1. The molecule has 0 spiro atoms. The highest BCUT2D eigenvalue weighted by Gasteiger charge is 2.13. The minimum atomic E-state index is -0.410. The van der Waals surface area contributed by atoms with Gasteiger partial charge in [0.15, 0.2) is 5.78 Å². The SMILES string of the molecule is CCC(C)NC(=O)Cn1c(C)ccc(C(C)=O)c1=O. The van der Waals surface area contributed by atoms with Gasteiger partial charge in [0.1, 0.15) is 6.54 Å². The Bertz CT molecular complexity index is 546. The molecule has 1 heterocycles. The molecule has 1 amide bonds. The van der Waals surface area contributed by atoms with Crippen LogP contribution in [-0.4, -0.2) is 22.3 Å². The summed E-state index contributed by atoms with van der Waals surface area (Å²) in [6.07, 6.45) is 0.826. The number of aryl methyl sites for hydroxylation is 1. The fourth-order valence-electron chi connectivity index (χ4n) is 1.70. The maximum atomic E-state index is 12.1. The predicted octanol–water partition coefficient (Wildman–Crippen LogP) is 1.27. The molecule has 0 bridgehead atoms. The molecule has 0 saturated carbocycles. The molecular formula is C14H20N2O3. The summed E-state index contributed by atoms with van der Waals surface area (Å²) < 4.78 is 1.33. The zero-order valence-corrected chi connectivity index (χ0v) is 11.8. The minimum absolute atomic E-state index is 0.0594. The van der Waals surface area contributed by atoms with Gasteiger partial charge in [-0.05, 0) is 39.3 Å². The van der Waals surface area contributed by atoms with Crippen molar-refractivity contribution in [2.45, 2.75) is 46.7 Å². The summed E-state index contributed by atoms with van der Waals surface area (Å²) in [6, 6.07) is 3.25. The maximum absolute atomic E-state index is 12.1. The molecule has 1 aromatic rings. The topological polar surface area (TPSA) is 68.2 Å². The lowest BCUT2D eigenvalue weighted by Gasteiger charge is -2.14. The van der Waals surface area contributed by atoms with Crippen molar-refractivity contribution in [2.24, 2.45) is 0 Å². The number of pyridine rings is 1. The number of aromatic nitrogens is 1. The van der Waals surface area contributed by atoms with Gasteiger partial charge in [0.05, 0.1) is 5.56 Å². The van der Waals surface area contributed by atoms with Crippen LogP contribution in [0.15, 0.2) is 16.9 Å². The third-order valence-corrected chi connectivity index (χ3v) is 3.09. The van der Waals surface area contributed by atoms with Gasteiger partial charge in [-0.1, -0.05) is 6.92 Å². The average molecular weight is 264 g/mol. The number of nitrogens with one attached hydrogen (secondary N) is 1. The van der Waals surface area contributed by atoms with Crippen LogP contribution in [0.2, 0.25) is 0 Å². The monoisotopic (exact) mass is 264 g/mol. The molecule has 19 heavy (non-hydrogen) atoms. The standard InChI is InChI=1S/C14H20N2O3/c1-5-9(2)15-13(18)8-16-10(3)6-7-12(11(4)17)14(16)19/h6-7,9H,5,8H2,1-4H3,(H,15,18). The summed E-state index contributed by atoms with van der Waals surface area (Å²) in [6.45, 7) is 6.89. The minimum Gasteiger partial charge on any atom is -0.352 e. The number of rotatable bonds is 5. The molecule has 0 radical (unpaired) electrons. The molecule has 0 aliphatic rings. The Morgan fingerprint density at radius 2 is 2.00 bits per heavy atom. The van der Waals surface area contributed by atoms with Gasteiger partial charge < -0.3 is 9.88 Å². The Morgan fingerprint density at radius 3 is 2.53 bits per heavy atom. The van der Waals surface area contributed by atoms with Crippen LogP contribution in [0.4, 0.5) is 0 Å². The summed E-state index contributed by atoms with van der Waals surface area (Å²) in [4.78, 5) is 35.2. The first-order valence-electron chi connectivity index (χ1n) is 6.37. The lowest BCUT2D eigenvalue weighted by molar-refractivity contribution is -0.122. The summed E-state index contributed by atoms with van der Waals surface area (Å²) in [5.41, 5.74) is 0.364. The van der Waals surface area contributed by atoms with Crippen LogP contribution in [0, 0.1) is 6.92 Å². The number of Topliss-reactive ketones (excluding diaryl/α,β-unsaturated/α-hetero) is 1. The number of carbonyl (C=O) groups is 2. The van der Waals surface area contributed by atoms with Gasteiger partial charge in [-0.25, -0.2) is 0 Å². The average Bonchev–Trinajstić information content (AvgIpc) is 2.33. The molecule has 1 unspecified atom stereocenters. The molecule has 1 atom stereocenters. The van der Waals surface area contributed by atoms with Crippen molar-refractivity contribution in [1.29, 1.82) is 0 Å². The smallest absolute Gasteiger partial charge is 0.262 e. The van der Waals surface area contributed by atoms with Crippen molar-refractivity contribution in [2.75, 3.05) is 0 Å². The van der Waals surface area contributed by atoms with E-state index in [1.54, 1.807) is 13.0 Å². The van der Waals surface area contributed by atoms with Crippen LogP contribution in [-0.2, 0) is 11.3 Å². The Labute approximate surface area is 112 Å². The first-order valence-corrected chi connectivity index (χ1v) is 6.37. The number of carbonyl (C=O) groups excluding carboxylic acids is 2. The van der Waals surface area contributed by atoms with E-state index in [4.69, 9.17) is 0 Å². The zero-order chi connectivity index (χ0) is 14.6. The van der Waals surface area contributed by atoms with Gasteiger partial charge in [0.25, 0.3) is 5.56 Å². The number of amides is 1. The summed E-state index contributed by atoms with van der Waals surface area (Å²) >= 11 is 0. The van der Waals surface area contributed by atoms with Crippen molar-refractivity contribution in [3.05, 3.63) is 33.7 Å². The molecular weight excluding hydrogens is 244 g/mol. The van der Waals surface area contributed by atoms with Gasteiger partial charge in [0, 0.05) is 11.7 Å². The van der Waals surface area contributed by atoms with E-state index in [-0.39, 0.29) is 29.8 Å². The Kier molecular flexibility index (Phi) is 5.03. The predicted molar refractivity (Wildman–Crippen MR) is 73.3 cm³/mol. The van der Waals surface area contributed by atoms with Crippen LogP contribution in [0.3, 0.4) is 0 Å². The van der Waals surface area contributed by atoms with E-state index >= 15 is 0 Å². The van der Waals surface area contributed by atoms with Crippen molar-refractivity contribution in [1.82, 2.24) is 9.88 Å². The summed E-state index contributed by atoms with van der Waals surface area (Å²) in [5, 5.41) is 2.80. The highest BCUT2D eigenvalue weighted by molar-refractivity contribution is 5.93. The van der Waals surface area contributed by atoms with Gasteiger partial charge in [-0.3, -0.25) is 14.4 Å². The van der Waals surface area contributed by atoms with E-state index in [9.17, 15) is 14.4 Å². The van der Waals surface area contributed by atoms with Crippen molar-refractivity contribution in [3.63, 3.8) is 0 Å². The van der Waals surface area contributed by atoms with E-state index in [1.807, 2.05) is 13.8 Å². The molecule has 5 nitrogen and oxygen atoms in total. The first kappa shape index (κ1) is 15.1. The molecule has 0 aromatic carbocycles. The molecule has 1 rings (SSSR count). The van der Waals surface area contributed by atoms with Crippen LogP contribution in [0.25, 0.3) is 0 Å². The summed E-state index contributed by atoms with van der Waals surface area (Å²) in [5.74, 6) is -0.513. The van der Waals surface area contributed by atoms with Gasteiger partial charge in [-0.2, -0.15) is 0 Å². The quantitative estimate of drug-likeness (QED) is 0.814. The highest BCUT2D eigenvalue weighted by Crippen LogP contribution is 2.00. The van der Waals surface area contributed by atoms with Crippen LogP contribution in [0.1, 0.15) is 43.2 Å². The molecule has 5 heteroatoms. The maximum Gasteiger partial charge on any atom is 0.262 e. The number of ketones is 1. The second-order valence-corrected chi connectivity index (χ2v) is 4.71. The van der Waals surface area contributed by atoms with Crippen molar-refractivity contribution in [3.8, 4) is 0 Å². The van der Waals surface area contributed by atoms with Gasteiger partial charge >= 0.3 is 0 Å². The van der Waals surface area contributed by atoms with Crippen molar-refractivity contribution < 1.29 is 9.59 Å². The van der Waals surface area contributed by atoms with E-state index in [0.717, 1.165) is 6.42 Å². The van der Waals surface area contributed by atoms with Crippen LogP contribution in [0.5, 0.6) is 0 Å². The normalized spacial score (nSPS) is 12.0. The fourth-order valence-corrected chi connectivity index (χ4v) is 1.70. The molecule has 0 saturated heterocycles. The number of hydrogen-bond donors (Lipinski definition) is 1. The van der Waals surface area contributed by atoms with E-state index < -0.39 is 5.56 Å². The van der Waals surface area contributed by atoms with Crippen LogP contribution >= 0.6 is 0 Å². The van der Waals surface area contributed by atoms with Crippen LogP contribution < -0.4 is 10.9 Å². The van der Waals surface area contributed by atoms with E-state index in [2.05, 4.69) is 5.32 Å². The molecule has 0 aliphatic carbocycles.